The number of unbranched alkanes of at least 4 members (excludes halogenated alkanes) is 30. The topological polar surface area (TPSA) is 108 Å². The molecule has 1 amide bonds. The summed E-state index contributed by atoms with van der Waals surface area (Å²) >= 11 is 0. The summed E-state index contributed by atoms with van der Waals surface area (Å²) in [7, 11) is 1.25. The number of hydrogen-bond acceptors (Lipinski definition) is 6. The van der Waals surface area contributed by atoms with Crippen molar-refractivity contribution in [3.05, 3.63) is 24.3 Å². The smallest absolute Gasteiger partial charge is 0.268 e. The van der Waals surface area contributed by atoms with E-state index in [-0.39, 0.29) is 19.1 Å². The summed E-state index contributed by atoms with van der Waals surface area (Å²) < 4.78 is 23.1. The van der Waals surface area contributed by atoms with Crippen molar-refractivity contribution in [3.8, 4) is 0 Å². The Morgan fingerprint density at radius 3 is 1.40 bits per heavy atom. The Kier molecular flexibility index (Phi) is 40.6. The van der Waals surface area contributed by atoms with Crippen molar-refractivity contribution < 1.29 is 32.9 Å². The minimum absolute atomic E-state index is 0.00478. The fourth-order valence-electron chi connectivity index (χ4n) is 7.23. The van der Waals surface area contributed by atoms with E-state index in [1.165, 1.54) is 173 Å². The number of nitrogens with one attached hydrogen (secondary N) is 1. The number of quaternary nitrogens is 1. The fourth-order valence-corrected chi connectivity index (χ4v) is 7.95. The monoisotopic (exact) mass is 841 g/mol. The summed E-state index contributed by atoms with van der Waals surface area (Å²) in [5.41, 5.74) is 0. The molecular weight excluding hydrogens is 744 g/mol. The van der Waals surface area contributed by atoms with E-state index < -0.39 is 20.0 Å². The first-order valence-corrected chi connectivity index (χ1v) is 26.2. The minimum Gasteiger partial charge on any atom is -0.756 e. The number of hydrogen-bond donors (Lipinski definition) is 2. The largest absolute Gasteiger partial charge is 0.756 e. The van der Waals surface area contributed by atoms with E-state index in [4.69, 9.17) is 9.05 Å². The molecule has 0 aliphatic rings. The third-order valence-corrected chi connectivity index (χ3v) is 12.1. The first-order chi connectivity index (χ1) is 28.0. The van der Waals surface area contributed by atoms with Crippen LogP contribution in [0.15, 0.2) is 24.3 Å². The van der Waals surface area contributed by atoms with E-state index in [9.17, 15) is 19.4 Å². The highest BCUT2D eigenvalue weighted by Gasteiger charge is 2.23. The van der Waals surface area contributed by atoms with Gasteiger partial charge in [0.05, 0.1) is 39.9 Å². The number of rotatable bonds is 45. The van der Waals surface area contributed by atoms with Gasteiger partial charge in [0.1, 0.15) is 13.2 Å². The maximum absolute atomic E-state index is 12.7. The predicted molar refractivity (Wildman–Crippen MR) is 247 cm³/mol. The Morgan fingerprint density at radius 2 is 0.966 bits per heavy atom. The van der Waals surface area contributed by atoms with E-state index in [1.54, 1.807) is 6.08 Å². The lowest BCUT2D eigenvalue weighted by Crippen LogP contribution is -2.45. The molecule has 58 heavy (non-hydrogen) atoms. The Morgan fingerprint density at radius 1 is 0.586 bits per heavy atom. The van der Waals surface area contributed by atoms with Crippen molar-refractivity contribution in [2.75, 3.05) is 40.9 Å². The van der Waals surface area contributed by atoms with Crippen molar-refractivity contribution >= 4 is 13.7 Å². The Labute approximate surface area is 360 Å². The number of carbonyl (C=O) groups is 1. The SMILES string of the molecule is CCCCCCCCCCCCCCCCCCCCCCCCC/C=C/CC/C=C/C(O)C(COP(=O)([O-])OCC[N+](C)(C)C)NC(=O)CCCCCCCCC. The molecule has 0 radical (unpaired) electrons. The lowest BCUT2D eigenvalue weighted by atomic mass is 10.0. The molecule has 0 aliphatic heterocycles. The highest BCUT2D eigenvalue weighted by molar-refractivity contribution is 7.45. The van der Waals surface area contributed by atoms with Crippen molar-refractivity contribution in [2.24, 2.45) is 0 Å². The normalized spacial score (nSPS) is 14.4. The number of nitrogens with zero attached hydrogens (tertiary/aromatic N) is 1. The minimum atomic E-state index is -4.58. The maximum Gasteiger partial charge on any atom is 0.268 e. The first-order valence-electron chi connectivity index (χ1n) is 24.7. The van der Waals surface area contributed by atoms with Crippen molar-refractivity contribution in [3.63, 3.8) is 0 Å². The Bertz CT molecular complexity index is 1000. The lowest BCUT2D eigenvalue weighted by molar-refractivity contribution is -0.870. The van der Waals surface area contributed by atoms with Crippen LogP contribution in [0.1, 0.15) is 232 Å². The van der Waals surface area contributed by atoms with Gasteiger partial charge in [-0.2, -0.15) is 0 Å². The van der Waals surface area contributed by atoms with Crippen LogP contribution in [0.5, 0.6) is 0 Å². The van der Waals surface area contributed by atoms with E-state index in [0.717, 1.165) is 38.5 Å². The second-order valence-corrected chi connectivity index (χ2v) is 19.6. The quantitative estimate of drug-likeness (QED) is 0.0274. The van der Waals surface area contributed by atoms with Gasteiger partial charge < -0.3 is 28.8 Å². The van der Waals surface area contributed by atoms with E-state index in [1.807, 2.05) is 27.2 Å². The molecule has 0 saturated carbocycles. The molecule has 9 heteroatoms. The number of amides is 1. The predicted octanol–water partition coefficient (Wildman–Crippen LogP) is 13.5. The lowest BCUT2D eigenvalue weighted by Gasteiger charge is -2.29. The number of aliphatic hydroxyl groups is 1. The zero-order valence-corrected chi connectivity index (χ0v) is 39.9. The summed E-state index contributed by atoms with van der Waals surface area (Å²) in [6, 6.07) is -0.896. The van der Waals surface area contributed by atoms with E-state index >= 15 is 0 Å². The van der Waals surface area contributed by atoms with Gasteiger partial charge in [-0.05, 0) is 32.1 Å². The number of aliphatic hydroxyl groups excluding tert-OH is 1. The van der Waals surface area contributed by atoms with Crippen LogP contribution in [0, 0.1) is 0 Å². The van der Waals surface area contributed by atoms with Crippen molar-refractivity contribution in [2.45, 2.75) is 244 Å². The molecular formula is C49H97N2O6P. The second kappa shape index (κ2) is 41.3. The summed E-state index contributed by atoms with van der Waals surface area (Å²) in [6.45, 7) is 4.59. The fraction of sp³-hybridized carbons (Fsp3) is 0.898. The van der Waals surface area contributed by atoms with Gasteiger partial charge in [-0.15, -0.1) is 0 Å². The number of phosphoric acid groups is 1. The first kappa shape index (κ1) is 57.0. The van der Waals surface area contributed by atoms with Gasteiger partial charge in [0.25, 0.3) is 7.82 Å². The highest BCUT2D eigenvalue weighted by Crippen LogP contribution is 2.38. The van der Waals surface area contributed by atoms with Crippen LogP contribution < -0.4 is 10.2 Å². The molecule has 0 aromatic rings. The van der Waals surface area contributed by atoms with Crippen LogP contribution in [0.3, 0.4) is 0 Å². The van der Waals surface area contributed by atoms with Gasteiger partial charge in [0.2, 0.25) is 5.91 Å². The molecule has 0 rings (SSSR count). The van der Waals surface area contributed by atoms with Crippen LogP contribution in [-0.2, 0) is 18.4 Å². The van der Waals surface area contributed by atoms with Gasteiger partial charge in [-0.1, -0.05) is 218 Å². The molecule has 0 bridgehead atoms. The van der Waals surface area contributed by atoms with Crippen LogP contribution in [-0.4, -0.2) is 68.5 Å². The molecule has 0 saturated heterocycles. The van der Waals surface area contributed by atoms with E-state index in [0.29, 0.717) is 17.4 Å². The molecule has 8 nitrogen and oxygen atoms in total. The molecule has 344 valence electrons. The molecule has 2 N–H and O–H groups in total. The molecule has 0 aromatic carbocycles. The molecule has 0 aliphatic carbocycles. The van der Waals surface area contributed by atoms with Crippen LogP contribution >= 0.6 is 7.82 Å². The summed E-state index contributed by atoms with van der Waals surface area (Å²) in [4.78, 5) is 25.1. The average Bonchev–Trinajstić information content (AvgIpc) is 3.17. The molecule has 3 unspecified atom stereocenters. The number of likely N-dealkylation sites (N-methyl/N-ethyl adjacent to an activating group) is 1. The van der Waals surface area contributed by atoms with Crippen molar-refractivity contribution in [1.82, 2.24) is 5.32 Å². The zero-order chi connectivity index (χ0) is 42.8. The summed E-state index contributed by atoms with van der Waals surface area (Å²) in [5.74, 6) is -0.213. The Balaban J connectivity index is 4.06. The Hall–Kier alpha value is -1.02. The maximum atomic E-state index is 12.7. The molecule has 0 spiro atoms. The van der Waals surface area contributed by atoms with Gasteiger partial charge in [0.15, 0.2) is 0 Å². The highest BCUT2D eigenvalue weighted by atomic mass is 31.2. The van der Waals surface area contributed by atoms with Crippen LogP contribution in [0.2, 0.25) is 0 Å². The van der Waals surface area contributed by atoms with Gasteiger partial charge in [-0.25, -0.2) is 0 Å². The molecule has 0 fully saturated rings. The van der Waals surface area contributed by atoms with Gasteiger partial charge in [0, 0.05) is 6.42 Å². The van der Waals surface area contributed by atoms with Gasteiger partial charge >= 0.3 is 0 Å². The van der Waals surface area contributed by atoms with E-state index in [2.05, 4.69) is 31.3 Å². The molecule has 0 heterocycles. The third kappa shape index (κ3) is 43.1. The van der Waals surface area contributed by atoms with Crippen LogP contribution in [0.25, 0.3) is 0 Å². The molecule has 3 atom stereocenters. The average molecular weight is 841 g/mol. The number of allylic oxidation sites excluding steroid dienone is 3. The van der Waals surface area contributed by atoms with Crippen LogP contribution in [0.4, 0.5) is 0 Å². The van der Waals surface area contributed by atoms with Gasteiger partial charge in [-0.3, -0.25) is 9.36 Å². The van der Waals surface area contributed by atoms with Crippen molar-refractivity contribution in [1.29, 1.82) is 0 Å². The molecule has 0 aromatic heterocycles. The second-order valence-electron chi connectivity index (χ2n) is 18.2. The summed E-state index contributed by atoms with van der Waals surface area (Å²) in [5, 5.41) is 13.7. The number of phosphoric ester groups is 1. The third-order valence-electron chi connectivity index (χ3n) is 11.2. The standard InChI is InChI=1S/C49H97N2O6P/c1-6-8-10-12-14-15-16-17-18-19-20-21-22-23-24-25-26-27-28-29-30-31-32-33-34-35-37-38-40-42-48(52)47(46-57-58(54,55)56-45-44-51(3,4)5)50-49(53)43-41-39-36-13-11-9-7-2/h34-35,40,42,47-48,52H,6-33,36-39,41,43-46H2,1-5H3,(H-,50,53,54,55)/b35-34+,42-40+. The number of carbonyl (C=O) groups excluding carboxylic acids is 1. The summed E-state index contributed by atoms with van der Waals surface area (Å²) in [6.07, 6.45) is 50.0. The zero-order valence-electron chi connectivity index (χ0n) is 39.0.